The van der Waals surface area contributed by atoms with E-state index in [4.69, 9.17) is 10.9 Å². The van der Waals surface area contributed by atoms with Crippen LogP contribution in [0.1, 0.15) is 52.4 Å². The van der Waals surface area contributed by atoms with Crippen LogP contribution in [0.5, 0.6) is 0 Å². The van der Waals surface area contributed by atoms with Crippen molar-refractivity contribution in [1.82, 2.24) is 5.32 Å². The van der Waals surface area contributed by atoms with Gasteiger partial charge in [0.2, 0.25) is 5.91 Å². The molecule has 4 N–H and O–H groups in total. The number of amides is 1. The zero-order valence-electron chi connectivity index (χ0n) is 11.4. The Morgan fingerprint density at radius 2 is 1.94 bits per heavy atom. The van der Waals surface area contributed by atoms with E-state index < -0.39 is 0 Å². The lowest BCUT2D eigenvalue weighted by Crippen LogP contribution is -2.48. The van der Waals surface area contributed by atoms with Crippen LogP contribution in [0.2, 0.25) is 0 Å². The molecule has 0 spiro atoms. The highest BCUT2D eigenvalue weighted by molar-refractivity contribution is 5.91. The van der Waals surface area contributed by atoms with Gasteiger partial charge in [0.05, 0.1) is 6.04 Å². The number of amidine groups is 1. The fraction of sp³-hybridized carbons (Fsp3) is 0.846. The van der Waals surface area contributed by atoms with Gasteiger partial charge in [-0.2, -0.15) is 0 Å². The van der Waals surface area contributed by atoms with Gasteiger partial charge >= 0.3 is 0 Å². The van der Waals surface area contributed by atoms with E-state index in [0.29, 0.717) is 5.92 Å². The molecule has 5 nitrogen and oxygen atoms in total. The van der Waals surface area contributed by atoms with E-state index >= 15 is 0 Å². The Hall–Kier alpha value is -1.26. The van der Waals surface area contributed by atoms with Crippen molar-refractivity contribution in [3.63, 3.8) is 0 Å². The number of oxime groups is 1. The van der Waals surface area contributed by atoms with Crippen LogP contribution in [0.4, 0.5) is 0 Å². The fourth-order valence-corrected chi connectivity index (χ4v) is 2.30. The molecule has 1 atom stereocenters. The van der Waals surface area contributed by atoms with Crippen LogP contribution in [-0.2, 0) is 4.79 Å². The topological polar surface area (TPSA) is 87.7 Å². The van der Waals surface area contributed by atoms with Gasteiger partial charge in [-0.15, -0.1) is 0 Å². The molecule has 18 heavy (non-hydrogen) atoms. The Labute approximate surface area is 109 Å². The van der Waals surface area contributed by atoms with E-state index in [1.165, 1.54) is 0 Å². The van der Waals surface area contributed by atoms with Crippen LogP contribution >= 0.6 is 0 Å². The molecule has 1 fully saturated rings. The molecule has 0 aromatic rings. The summed E-state index contributed by atoms with van der Waals surface area (Å²) in [6.45, 7) is 4.16. The van der Waals surface area contributed by atoms with Crippen LogP contribution in [0.3, 0.4) is 0 Å². The third-order valence-corrected chi connectivity index (χ3v) is 3.47. The van der Waals surface area contributed by atoms with Crippen molar-refractivity contribution in [2.45, 2.75) is 58.4 Å². The average molecular weight is 255 g/mol. The van der Waals surface area contributed by atoms with Crippen LogP contribution in [0.15, 0.2) is 5.16 Å². The Bertz CT molecular complexity index is 295. The molecule has 1 unspecified atom stereocenters. The Morgan fingerprint density at radius 1 is 1.39 bits per heavy atom. The molecule has 1 aliphatic rings. The lowest BCUT2D eigenvalue weighted by Gasteiger charge is -2.21. The van der Waals surface area contributed by atoms with E-state index in [1.54, 1.807) is 0 Å². The summed E-state index contributed by atoms with van der Waals surface area (Å²) in [4.78, 5) is 12.2. The van der Waals surface area contributed by atoms with Crippen molar-refractivity contribution in [2.24, 2.45) is 22.7 Å². The summed E-state index contributed by atoms with van der Waals surface area (Å²) >= 11 is 0. The predicted molar refractivity (Wildman–Crippen MR) is 71.4 cm³/mol. The second-order valence-corrected chi connectivity index (χ2v) is 5.12. The van der Waals surface area contributed by atoms with E-state index in [1.807, 2.05) is 0 Å². The molecule has 0 saturated heterocycles. The smallest absolute Gasteiger partial charge is 0.223 e. The molecule has 1 amide bonds. The minimum absolute atomic E-state index is 0.0437. The van der Waals surface area contributed by atoms with Gasteiger partial charge in [0.15, 0.2) is 5.84 Å². The molecule has 5 heteroatoms. The predicted octanol–water partition coefficient (Wildman–Crippen LogP) is 1.84. The maximum atomic E-state index is 12.2. The third-order valence-electron chi connectivity index (χ3n) is 3.47. The van der Waals surface area contributed by atoms with E-state index in [2.05, 4.69) is 24.3 Å². The van der Waals surface area contributed by atoms with Crippen molar-refractivity contribution in [3.8, 4) is 0 Å². The van der Waals surface area contributed by atoms with Crippen molar-refractivity contribution in [1.29, 1.82) is 0 Å². The van der Waals surface area contributed by atoms with Gasteiger partial charge in [-0.1, -0.05) is 31.8 Å². The highest BCUT2D eigenvalue weighted by atomic mass is 16.4. The van der Waals surface area contributed by atoms with Gasteiger partial charge in [0.25, 0.3) is 0 Å². The number of nitrogens with zero attached hydrogens (tertiary/aromatic N) is 1. The standard InChI is InChI=1S/C13H25N3O2/c1-3-5-10(6-4-2)13(17)15-11(9-7-8-9)12(14)16-18/h9-11,18H,3-8H2,1-2H3,(H2,14,16)(H,15,17). The first-order valence-corrected chi connectivity index (χ1v) is 6.91. The van der Waals surface area contributed by atoms with Crippen LogP contribution in [-0.4, -0.2) is 23.0 Å². The number of hydrogen-bond donors (Lipinski definition) is 3. The quantitative estimate of drug-likeness (QED) is 0.268. The Kier molecular flexibility index (Phi) is 5.95. The summed E-state index contributed by atoms with van der Waals surface area (Å²) in [5.41, 5.74) is 5.64. The zero-order chi connectivity index (χ0) is 13.5. The second kappa shape index (κ2) is 7.24. The Morgan fingerprint density at radius 3 is 2.33 bits per heavy atom. The molecular weight excluding hydrogens is 230 g/mol. The van der Waals surface area contributed by atoms with Gasteiger partial charge < -0.3 is 16.3 Å². The lowest BCUT2D eigenvalue weighted by molar-refractivity contribution is -0.125. The van der Waals surface area contributed by atoms with Gasteiger partial charge in [0.1, 0.15) is 0 Å². The van der Waals surface area contributed by atoms with E-state index in [-0.39, 0.29) is 23.7 Å². The summed E-state index contributed by atoms with van der Waals surface area (Å²) in [5.74, 6) is 0.557. The lowest BCUT2D eigenvalue weighted by atomic mass is 9.96. The first-order chi connectivity index (χ1) is 8.63. The molecule has 104 valence electrons. The molecule has 0 aromatic heterocycles. The van der Waals surface area contributed by atoms with Crippen LogP contribution in [0.25, 0.3) is 0 Å². The van der Waals surface area contributed by atoms with Crippen molar-refractivity contribution < 1.29 is 10.0 Å². The minimum Gasteiger partial charge on any atom is -0.409 e. The number of carbonyl (C=O) groups excluding carboxylic acids is 1. The maximum Gasteiger partial charge on any atom is 0.223 e. The van der Waals surface area contributed by atoms with Crippen molar-refractivity contribution >= 4 is 11.7 Å². The second-order valence-electron chi connectivity index (χ2n) is 5.12. The minimum atomic E-state index is -0.293. The number of hydrogen-bond acceptors (Lipinski definition) is 3. The first kappa shape index (κ1) is 14.8. The third kappa shape index (κ3) is 4.20. The maximum absolute atomic E-state index is 12.2. The summed E-state index contributed by atoms with van der Waals surface area (Å²) < 4.78 is 0. The normalized spacial score (nSPS) is 17.8. The zero-order valence-corrected chi connectivity index (χ0v) is 11.4. The summed E-state index contributed by atoms with van der Waals surface area (Å²) in [6.07, 6.45) is 5.85. The summed E-state index contributed by atoms with van der Waals surface area (Å²) in [5, 5.41) is 14.7. The molecule has 1 aliphatic carbocycles. The fourth-order valence-electron chi connectivity index (χ4n) is 2.30. The molecule has 0 radical (unpaired) electrons. The van der Waals surface area contributed by atoms with E-state index in [9.17, 15) is 4.79 Å². The number of rotatable bonds is 8. The molecule has 0 aliphatic heterocycles. The molecule has 1 saturated carbocycles. The summed E-state index contributed by atoms with van der Waals surface area (Å²) in [6, 6.07) is -0.293. The first-order valence-electron chi connectivity index (χ1n) is 6.91. The number of nitrogens with two attached hydrogens (primary N) is 1. The SMILES string of the molecule is CCCC(CCC)C(=O)NC(C(N)=NO)C1CC1. The van der Waals surface area contributed by atoms with Gasteiger partial charge in [-0.3, -0.25) is 4.79 Å². The van der Waals surface area contributed by atoms with Gasteiger partial charge in [-0.05, 0) is 31.6 Å². The highest BCUT2D eigenvalue weighted by Gasteiger charge is 2.36. The molecule has 1 rings (SSSR count). The highest BCUT2D eigenvalue weighted by Crippen LogP contribution is 2.33. The molecular formula is C13H25N3O2. The largest absolute Gasteiger partial charge is 0.409 e. The summed E-state index contributed by atoms with van der Waals surface area (Å²) in [7, 11) is 0. The number of nitrogens with one attached hydrogen (secondary N) is 1. The van der Waals surface area contributed by atoms with Gasteiger partial charge in [-0.25, -0.2) is 0 Å². The van der Waals surface area contributed by atoms with Crippen LogP contribution in [0, 0.1) is 11.8 Å². The van der Waals surface area contributed by atoms with Crippen LogP contribution < -0.4 is 11.1 Å². The van der Waals surface area contributed by atoms with Crippen molar-refractivity contribution in [2.75, 3.05) is 0 Å². The molecule has 0 heterocycles. The number of carbonyl (C=O) groups is 1. The average Bonchev–Trinajstić information content (AvgIpc) is 3.18. The monoisotopic (exact) mass is 255 g/mol. The van der Waals surface area contributed by atoms with E-state index in [0.717, 1.165) is 38.5 Å². The molecule has 0 aromatic carbocycles. The van der Waals surface area contributed by atoms with Gasteiger partial charge in [0, 0.05) is 5.92 Å². The molecule has 0 bridgehead atoms. The Balaban J connectivity index is 2.58. The van der Waals surface area contributed by atoms with Crippen molar-refractivity contribution in [3.05, 3.63) is 0 Å².